The molecule has 96 valence electrons. The highest BCUT2D eigenvalue weighted by Gasteiger charge is 2.28. The fourth-order valence-electron chi connectivity index (χ4n) is 2.49. The molecule has 3 heteroatoms. The minimum Gasteiger partial charge on any atom is -0.313 e. The number of rotatable bonds is 3. The van der Waals surface area contributed by atoms with Gasteiger partial charge in [0, 0.05) is 11.7 Å². The van der Waals surface area contributed by atoms with E-state index in [0.29, 0.717) is 0 Å². The molecule has 1 aliphatic rings. The molecule has 0 aliphatic heterocycles. The molecule has 0 aromatic rings. The summed E-state index contributed by atoms with van der Waals surface area (Å²) in [5.41, 5.74) is 2.40. The van der Waals surface area contributed by atoms with Gasteiger partial charge in [-0.3, -0.25) is 4.79 Å². The van der Waals surface area contributed by atoms with E-state index >= 15 is 0 Å². The fraction of sp³-hybridized carbons (Fsp3) is 0.643. The Hall–Kier alpha value is -0.760. The molecule has 1 rings (SSSR count). The number of nitrogens with zero attached hydrogens (tertiary/aromatic N) is 1. The third-order valence-corrected chi connectivity index (χ3v) is 3.09. The summed E-state index contributed by atoms with van der Waals surface area (Å²) in [6, 6.07) is 0.147. The van der Waals surface area contributed by atoms with E-state index in [-0.39, 0.29) is 23.2 Å². The number of halogens is 1. The van der Waals surface area contributed by atoms with Crippen molar-refractivity contribution in [2.45, 2.75) is 47.1 Å². The van der Waals surface area contributed by atoms with Crippen LogP contribution in [-0.2, 0) is 4.79 Å². The largest absolute Gasteiger partial charge is 0.313 e. The zero-order valence-corrected chi connectivity index (χ0v) is 12.1. The van der Waals surface area contributed by atoms with Crippen LogP contribution in [0.4, 0.5) is 0 Å². The topological polar surface area (TPSA) is 20.3 Å². The molecular formula is C14H22ClNO. The van der Waals surface area contributed by atoms with Gasteiger partial charge in [0.25, 0.3) is 0 Å². The molecule has 0 fully saturated rings. The molecule has 0 saturated heterocycles. The van der Waals surface area contributed by atoms with Crippen molar-refractivity contribution in [3.05, 3.63) is 23.4 Å². The van der Waals surface area contributed by atoms with Crippen LogP contribution in [0, 0.1) is 5.41 Å². The molecule has 0 heterocycles. The zero-order chi connectivity index (χ0) is 13.2. The normalized spacial score (nSPS) is 18.8. The van der Waals surface area contributed by atoms with E-state index in [2.05, 4.69) is 32.9 Å². The van der Waals surface area contributed by atoms with Gasteiger partial charge in [-0.1, -0.05) is 25.5 Å². The zero-order valence-electron chi connectivity index (χ0n) is 11.4. The molecule has 0 N–H and O–H groups in total. The molecule has 0 unspecified atom stereocenters. The number of hydrogen-bond donors (Lipinski definition) is 0. The predicted molar refractivity (Wildman–Crippen MR) is 72.9 cm³/mol. The van der Waals surface area contributed by atoms with Gasteiger partial charge in [0.15, 0.2) is 0 Å². The monoisotopic (exact) mass is 255 g/mol. The third kappa shape index (κ3) is 3.60. The molecule has 0 atom stereocenters. The van der Waals surface area contributed by atoms with E-state index in [1.54, 1.807) is 0 Å². The Kier molecular flexibility index (Phi) is 4.42. The van der Waals surface area contributed by atoms with Gasteiger partial charge in [-0.25, -0.2) is 0 Å². The molecule has 1 aliphatic carbocycles. The van der Waals surface area contributed by atoms with E-state index in [4.69, 9.17) is 11.6 Å². The van der Waals surface area contributed by atoms with Gasteiger partial charge < -0.3 is 4.90 Å². The van der Waals surface area contributed by atoms with Gasteiger partial charge in [0.1, 0.15) is 5.88 Å². The van der Waals surface area contributed by atoms with Crippen LogP contribution in [0.3, 0.4) is 0 Å². The van der Waals surface area contributed by atoms with E-state index in [0.717, 1.165) is 12.1 Å². The molecule has 0 saturated carbocycles. The maximum atomic E-state index is 11.9. The van der Waals surface area contributed by atoms with Crippen molar-refractivity contribution in [2.75, 3.05) is 5.88 Å². The Labute approximate surface area is 109 Å². The number of hydrogen-bond acceptors (Lipinski definition) is 1. The minimum absolute atomic E-state index is 0.0154. The molecule has 2 nitrogen and oxygen atoms in total. The Morgan fingerprint density at radius 3 is 2.53 bits per heavy atom. The van der Waals surface area contributed by atoms with Gasteiger partial charge in [0.2, 0.25) is 5.91 Å². The van der Waals surface area contributed by atoms with Crippen molar-refractivity contribution in [1.82, 2.24) is 4.90 Å². The first-order valence-electron chi connectivity index (χ1n) is 6.05. The Balaban J connectivity index is 3.05. The first-order chi connectivity index (χ1) is 7.76. The van der Waals surface area contributed by atoms with Crippen molar-refractivity contribution in [3.63, 3.8) is 0 Å². The quantitative estimate of drug-likeness (QED) is 0.704. The maximum Gasteiger partial charge on any atom is 0.241 e. The summed E-state index contributed by atoms with van der Waals surface area (Å²) in [6.45, 7) is 10.5. The number of carbonyl (C=O) groups is 1. The summed E-state index contributed by atoms with van der Waals surface area (Å²) in [5, 5.41) is 0. The van der Waals surface area contributed by atoms with E-state index in [1.807, 2.05) is 18.7 Å². The number of alkyl halides is 1. The lowest BCUT2D eigenvalue weighted by molar-refractivity contribution is -0.128. The minimum atomic E-state index is -0.0154. The average molecular weight is 256 g/mol. The van der Waals surface area contributed by atoms with Crippen LogP contribution < -0.4 is 0 Å². The van der Waals surface area contributed by atoms with Crippen LogP contribution in [0.2, 0.25) is 0 Å². The van der Waals surface area contributed by atoms with Crippen LogP contribution in [-0.4, -0.2) is 22.7 Å². The molecule has 1 amide bonds. The van der Waals surface area contributed by atoms with Crippen molar-refractivity contribution in [2.24, 2.45) is 5.41 Å². The second-order valence-corrected chi connectivity index (χ2v) is 5.95. The van der Waals surface area contributed by atoms with Gasteiger partial charge in [-0.05, 0) is 38.7 Å². The van der Waals surface area contributed by atoms with Crippen LogP contribution >= 0.6 is 11.6 Å². The summed E-state index contributed by atoms with van der Waals surface area (Å²) in [7, 11) is 0. The summed E-state index contributed by atoms with van der Waals surface area (Å²) in [6.07, 6.45) is 5.22. The van der Waals surface area contributed by atoms with E-state index in [9.17, 15) is 4.79 Å². The summed E-state index contributed by atoms with van der Waals surface area (Å²) < 4.78 is 0. The molecule has 17 heavy (non-hydrogen) atoms. The van der Waals surface area contributed by atoms with Gasteiger partial charge in [0.05, 0.1) is 0 Å². The lowest BCUT2D eigenvalue weighted by Gasteiger charge is -2.35. The highest BCUT2D eigenvalue weighted by molar-refractivity contribution is 6.27. The Morgan fingerprint density at radius 1 is 1.53 bits per heavy atom. The molecule has 0 radical (unpaired) electrons. The Bertz CT molecular complexity index is 366. The van der Waals surface area contributed by atoms with E-state index < -0.39 is 0 Å². The highest BCUT2D eigenvalue weighted by atomic mass is 35.5. The van der Waals surface area contributed by atoms with Crippen LogP contribution in [0.5, 0.6) is 0 Å². The van der Waals surface area contributed by atoms with Gasteiger partial charge >= 0.3 is 0 Å². The van der Waals surface area contributed by atoms with Crippen molar-refractivity contribution >= 4 is 17.5 Å². The lowest BCUT2D eigenvalue weighted by Crippen LogP contribution is -2.39. The molecule has 0 aromatic heterocycles. The van der Waals surface area contributed by atoms with Crippen LogP contribution in [0.25, 0.3) is 0 Å². The smallest absolute Gasteiger partial charge is 0.241 e. The second-order valence-electron chi connectivity index (χ2n) is 5.68. The van der Waals surface area contributed by atoms with Crippen LogP contribution in [0.1, 0.15) is 41.0 Å². The number of allylic oxidation sites excluding steroid dienone is 4. The van der Waals surface area contributed by atoms with Crippen molar-refractivity contribution < 1.29 is 4.79 Å². The third-order valence-electron chi connectivity index (χ3n) is 2.86. The first-order valence-corrected chi connectivity index (χ1v) is 6.58. The fourth-order valence-corrected chi connectivity index (χ4v) is 2.62. The standard InChI is InChI=1S/C14H22ClNO/c1-10(2)16(13(17)9-15)12-6-11(3)7-14(4,5)8-12/h6-7,10H,8-9H2,1-5H3. The summed E-state index contributed by atoms with van der Waals surface area (Å²) in [5.74, 6) is 0.0250. The predicted octanol–water partition coefficient (Wildman–Crippen LogP) is 3.72. The van der Waals surface area contributed by atoms with Gasteiger partial charge in [-0.2, -0.15) is 0 Å². The van der Waals surface area contributed by atoms with Crippen molar-refractivity contribution in [1.29, 1.82) is 0 Å². The Morgan fingerprint density at radius 2 is 2.12 bits per heavy atom. The average Bonchev–Trinajstić information content (AvgIpc) is 2.13. The molecule has 0 spiro atoms. The number of carbonyl (C=O) groups excluding carboxylic acids is 1. The lowest BCUT2D eigenvalue weighted by atomic mass is 9.81. The van der Waals surface area contributed by atoms with Crippen molar-refractivity contribution in [3.8, 4) is 0 Å². The summed E-state index contributed by atoms with van der Waals surface area (Å²) in [4.78, 5) is 13.7. The molecule has 0 aromatic carbocycles. The second kappa shape index (κ2) is 5.26. The number of amides is 1. The summed E-state index contributed by atoms with van der Waals surface area (Å²) >= 11 is 5.68. The van der Waals surface area contributed by atoms with Gasteiger partial charge in [-0.15, -0.1) is 11.6 Å². The van der Waals surface area contributed by atoms with E-state index in [1.165, 1.54) is 5.57 Å². The molecule has 0 bridgehead atoms. The molecular weight excluding hydrogens is 234 g/mol. The SMILES string of the molecule is CC1=CC(C)(C)CC(N(C(=O)CCl)C(C)C)=C1. The highest BCUT2D eigenvalue weighted by Crippen LogP contribution is 2.35. The first kappa shape index (κ1) is 14.3. The maximum absolute atomic E-state index is 11.9. The van der Waals surface area contributed by atoms with Crippen LogP contribution in [0.15, 0.2) is 23.4 Å².